The molecule has 2 heterocycles. The minimum Gasteiger partial charge on any atom is -0.344 e. The van der Waals surface area contributed by atoms with Gasteiger partial charge in [0.2, 0.25) is 0 Å². The molecule has 1 aromatic carbocycles. The Morgan fingerprint density at radius 1 is 1.17 bits per heavy atom. The van der Waals surface area contributed by atoms with E-state index >= 15 is 0 Å². The molecule has 118 valence electrons. The summed E-state index contributed by atoms with van der Waals surface area (Å²) in [7, 11) is 4.20. The molecular formula is C18H20N3OS+. The van der Waals surface area contributed by atoms with Crippen LogP contribution in [0, 0.1) is 0 Å². The Balaban J connectivity index is 1.72. The first-order chi connectivity index (χ1) is 11.1. The number of pyridine rings is 1. The highest BCUT2D eigenvalue weighted by Crippen LogP contribution is 2.16. The number of nitrogens with zero attached hydrogens (tertiary/aromatic N) is 1. The maximum absolute atomic E-state index is 12.4. The van der Waals surface area contributed by atoms with Crippen LogP contribution in [0.25, 0.3) is 10.9 Å². The molecule has 0 aliphatic rings. The number of carbonyl (C=O) groups excluding carboxylic acids is 1. The zero-order valence-electron chi connectivity index (χ0n) is 13.2. The van der Waals surface area contributed by atoms with Gasteiger partial charge in [0.15, 0.2) is 0 Å². The Kier molecular flexibility index (Phi) is 4.69. The number of nitrogens with one attached hydrogen (secondary N) is 2. The molecule has 23 heavy (non-hydrogen) atoms. The number of likely N-dealkylation sites (N-methyl/N-ethyl adjacent to an activating group) is 1. The van der Waals surface area contributed by atoms with Crippen LogP contribution in [0.15, 0.2) is 53.9 Å². The minimum atomic E-state index is -0.126. The van der Waals surface area contributed by atoms with Gasteiger partial charge in [-0.15, -0.1) is 11.3 Å². The lowest BCUT2D eigenvalue weighted by atomic mass is 10.2. The van der Waals surface area contributed by atoms with Gasteiger partial charge in [-0.25, -0.2) is 4.98 Å². The third-order valence-corrected chi connectivity index (χ3v) is 4.87. The highest BCUT2D eigenvalue weighted by atomic mass is 32.1. The number of rotatable bonds is 5. The van der Waals surface area contributed by atoms with Gasteiger partial charge >= 0.3 is 0 Å². The van der Waals surface area contributed by atoms with Crippen LogP contribution in [-0.2, 0) is 0 Å². The smallest absolute Gasteiger partial charge is 0.270 e. The van der Waals surface area contributed by atoms with Gasteiger partial charge in [0, 0.05) is 5.39 Å². The molecule has 0 saturated heterocycles. The fraction of sp³-hybridized carbons (Fsp3) is 0.222. The highest BCUT2D eigenvalue weighted by Gasteiger charge is 2.20. The topological polar surface area (TPSA) is 46.4 Å². The normalized spacial score (nSPS) is 12.5. The number of thiophene rings is 1. The van der Waals surface area contributed by atoms with Crippen molar-refractivity contribution in [2.24, 2.45) is 0 Å². The average molecular weight is 326 g/mol. The van der Waals surface area contributed by atoms with E-state index < -0.39 is 0 Å². The van der Waals surface area contributed by atoms with Gasteiger partial charge in [-0.1, -0.05) is 30.3 Å². The average Bonchev–Trinajstić information content (AvgIpc) is 3.08. The number of fused-ring (bicyclic) bond motifs is 1. The molecule has 0 unspecified atom stereocenters. The molecule has 3 rings (SSSR count). The van der Waals surface area contributed by atoms with Gasteiger partial charge in [0.25, 0.3) is 5.91 Å². The zero-order valence-corrected chi connectivity index (χ0v) is 14.1. The fourth-order valence-electron chi connectivity index (χ4n) is 2.56. The van der Waals surface area contributed by atoms with E-state index in [-0.39, 0.29) is 11.9 Å². The van der Waals surface area contributed by atoms with E-state index in [4.69, 9.17) is 0 Å². The second kappa shape index (κ2) is 6.89. The Morgan fingerprint density at radius 2 is 2.00 bits per heavy atom. The first-order valence-electron chi connectivity index (χ1n) is 7.62. The van der Waals surface area contributed by atoms with Crippen LogP contribution in [-0.4, -0.2) is 31.5 Å². The number of quaternary nitrogens is 1. The van der Waals surface area contributed by atoms with Crippen LogP contribution in [0.4, 0.5) is 0 Å². The van der Waals surface area contributed by atoms with E-state index in [0.717, 1.165) is 10.9 Å². The minimum absolute atomic E-state index is 0.126. The predicted octanol–water partition coefficient (Wildman–Crippen LogP) is 1.91. The lowest BCUT2D eigenvalue weighted by Gasteiger charge is -2.20. The Bertz CT molecular complexity index is 799. The number of aromatic nitrogens is 1. The quantitative estimate of drug-likeness (QED) is 0.752. The number of amides is 1. The van der Waals surface area contributed by atoms with Gasteiger partial charge in [-0.05, 0) is 23.6 Å². The van der Waals surface area contributed by atoms with Crippen molar-refractivity contribution >= 4 is 28.1 Å². The molecule has 0 fully saturated rings. The van der Waals surface area contributed by atoms with Crippen molar-refractivity contribution in [2.45, 2.75) is 6.04 Å². The van der Waals surface area contributed by atoms with Gasteiger partial charge in [0.1, 0.15) is 11.7 Å². The highest BCUT2D eigenvalue weighted by molar-refractivity contribution is 7.10. The summed E-state index contributed by atoms with van der Waals surface area (Å²) >= 11 is 1.72. The third-order valence-electron chi connectivity index (χ3n) is 3.88. The Hall–Kier alpha value is -2.24. The standard InChI is InChI=1S/C18H19N3OS/c1-21(2)16(17-8-5-11-23-17)12-19-18(22)15-10-9-13-6-3-4-7-14(13)20-15/h3-11,16H,12H2,1-2H3,(H,19,22)/p+1/t16-/m0/s1. The van der Waals surface area contributed by atoms with E-state index in [1.165, 1.54) is 9.78 Å². The fourth-order valence-corrected chi connectivity index (χ4v) is 3.51. The van der Waals surface area contributed by atoms with Crippen molar-refractivity contribution < 1.29 is 9.69 Å². The summed E-state index contributed by atoms with van der Waals surface area (Å²) in [6.07, 6.45) is 0. The molecule has 3 aromatic rings. The summed E-state index contributed by atoms with van der Waals surface area (Å²) in [5.74, 6) is -0.126. The van der Waals surface area contributed by atoms with E-state index in [1.807, 2.05) is 36.4 Å². The molecule has 1 amide bonds. The zero-order chi connectivity index (χ0) is 16.2. The van der Waals surface area contributed by atoms with E-state index in [0.29, 0.717) is 12.2 Å². The number of hydrogen-bond acceptors (Lipinski definition) is 3. The Morgan fingerprint density at radius 3 is 2.74 bits per heavy atom. The molecule has 0 aliphatic carbocycles. The van der Waals surface area contributed by atoms with Crippen LogP contribution in [0.1, 0.15) is 21.4 Å². The SMILES string of the molecule is C[NH+](C)[C@@H](CNC(=O)c1ccc2ccccc2n1)c1cccs1. The van der Waals surface area contributed by atoms with Crippen molar-refractivity contribution in [3.05, 3.63) is 64.5 Å². The summed E-state index contributed by atoms with van der Waals surface area (Å²) < 4.78 is 0. The van der Waals surface area contributed by atoms with Crippen molar-refractivity contribution in [2.75, 3.05) is 20.6 Å². The molecule has 0 aliphatic heterocycles. The molecule has 2 aromatic heterocycles. The van der Waals surface area contributed by atoms with Crippen LogP contribution in [0.2, 0.25) is 0 Å². The first kappa shape index (κ1) is 15.6. The Labute approximate surface area is 139 Å². The second-order valence-corrected chi connectivity index (χ2v) is 6.72. The van der Waals surface area contributed by atoms with E-state index in [1.54, 1.807) is 17.4 Å². The molecule has 0 radical (unpaired) electrons. The molecule has 4 nitrogen and oxygen atoms in total. The van der Waals surface area contributed by atoms with Crippen LogP contribution in [0.5, 0.6) is 0 Å². The second-order valence-electron chi connectivity index (χ2n) is 5.74. The molecule has 1 atom stereocenters. The summed E-state index contributed by atoms with van der Waals surface area (Å²) in [5.41, 5.74) is 1.30. The van der Waals surface area contributed by atoms with Crippen LogP contribution in [0.3, 0.4) is 0 Å². The number of carbonyl (C=O) groups is 1. The van der Waals surface area contributed by atoms with Gasteiger partial charge < -0.3 is 10.2 Å². The van der Waals surface area contributed by atoms with Crippen LogP contribution < -0.4 is 10.2 Å². The predicted molar refractivity (Wildman–Crippen MR) is 93.9 cm³/mol. The van der Waals surface area contributed by atoms with Gasteiger partial charge in [-0.2, -0.15) is 0 Å². The van der Waals surface area contributed by atoms with Crippen LogP contribution >= 0.6 is 11.3 Å². The van der Waals surface area contributed by atoms with Gasteiger partial charge in [-0.3, -0.25) is 4.79 Å². The van der Waals surface area contributed by atoms with E-state index in [2.05, 4.69) is 35.8 Å². The molecular weight excluding hydrogens is 306 g/mol. The lowest BCUT2D eigenvalue weighted by Crippen LogP contribution is -3.06. The molecule has 0 bridgehead atoms. The van der Waals surface area contributed by atoms with Crippen molar-refractivity contribution in [1.29, 1.82) is 0 Å². The maximum atomic E-state index is 12.4. The lowest BCUT2D eigenvalue weighted by molar-refractivity contribution is -0.890. The van der Waals surface area contributed by atoms with Crippen molar-refractivity contribution in [1.82, 2.24) is 10.3 Å². The van der Waals surface area contributed by atoms with Gasteiger partial charge in [0.05, 0.1) is 31.0 Å². The first-order valence-corrected chi connectivity index (χ1v) is 8.50. The summed E-state index contributed by atoms with van der Waals surface area (Å²) in [6, 6.07) is 15.9. The third kappa shape index (κ3) is 3.57. The number of hydrogen-bond donors (Lipinski definition) is 2. The van der Waals surface area contributed by atoms with Crippen molar-refractivity contribution in [3.63, 3.8) is 0 Å². The monoisotopic (exact) mass is 326 g/mol. The summed E-state index contributed by atoms with van der Waals surface area (Å²) in [6.45, 7) is 0.593. The molecule has 0 spiro atoms. The largest absolute Gasteiger partial charge is 0.344 e. The molecule has 2 N–H and O–H groups in total. The number of benzene rings is 1. The molecule has 5 heteroatoms. The summed E-state index contributed by atoms with van der Waals surface area (Å²) in [5, 5.41) is 6.13. The summed E-state index contributed by atoms with van der Waals surface area (Å²) in [4.78, 5) is 19.4. The van der Waals surface area contributed by atoms with E-state index in [9.17, 15) is 4.79 Å². The molecule has 0 saturated carbocycles. The number of para-hydroxylation sites is 1. The maximum Gasteiger partial charge on any atom is 0.270 e. The van der Waals surface area contributed by atoms with Crippen molar-refractivity contribution in [3.8, 4) is 0 Å².